The van der Waals surface area contributed by atoms with Gasteiger partial charge in [-0.15, -0.1) is 10.2 Å². The molecule has 0 N–H and O–H groups in total. The number of piperidine rings is 1. The molecule has 8 nitrogen and oxygen atoms in total. The van der Waals surface area contributed by atoms with Crippen LogP contribution in [0.25, 0.3) is 0 Å². The lowest BCUT2D eigenvalue weighted by molar-refractivity contribution is -0.149. The summed E-state index contributed by atoms with van der Waals surface area (Å²) in [7, 11) is 0. The number of hydrogen-bond acceptors (Lipinski definition) is 7. The van der Waals surface area contributed by atoms with Crippen molar-refractivity contribution in [3.05, 3.63) is 17.8 Å². The number of rotatable bonds is 4. The molecule has 8 heteroatoms. The first-order valence-corrected chi connectivity index (χ1v) is 8.81. The third-order valence-corrected chi connectivity index (χ3v) is 4.61. The molecule has 0 unspecified atom stereocenters. The van der Waals surface area contributed by atoms with Crippen LogP contribution < -0.4 is 4.90 Å². The first-order valence-electron chi connectivity index (χ1n) is 8.81. The molecular weight excluding hydrogens is 324 g/mol. The van der Waals surface area contributed by atoms with Crippen LogP contribution in [0.15, 0.2) is 12.1 Å². The van der Waals surface area contributed by atoms with E-state index in [4.69, 9.17) is 9.47 Å². The van der Waals surface area contributed by atoms with E-state index >= 15 is 0 Å². The highest BCUT2D eigenvalue weighted by atomic mass is 16.5. The van der Waals surface area contributed by atoms with Gasteiger partial charge in [-0.2, -0.15) is 0 Å². The van der Waals surface area contributed by atoms with Crippen molar-refractivity contribution < 1.29 is 19.1 Å². The Morgan fingerprint density at radius 1 is 1.16 bits per heavy atom. The Hall–Kier alpha value is -2.22. The van der Waals surface area contributed by atoms with Gasteiger partial charge in [0.2, 0.25) is 0 Å². The third-order valence-electron chi connectivity index (χ3n) is 4.61. The van der Waals surface area contributed by atoms with Gasteiger partial charge in [-0.1, -0.05) is 0 Å². The highest BCUT2D eigenvalue weighted by molar-refractivity contribution is 5.92. The number of carbonyl (C=O) groups is 2. The molecule has 136 valence electrons. The maximum Gasteiger partial charge on any atom is 0.309 e. The smallest absolute Gasteiger partial charge is 0.309 e. The van der Waals surface area contributed by atoms with Crippen LogP contribution in [0.1, 0.15) is 30.3 Å². The summed E-state index contributed by atoms with van der Waals surface area (Å²) < 4.78 is 10.4. The van der Waals surface area contributed by atoms with Gasteiger partial charge in [0.05, 0.1) is 25.7 Å². The number of amides is 1. The van der Waals surface area contributed by atoms with E-state index in [1.54, 1.807) is 17.9 Å². The van der Waals surface area contributed by atoms with Gasteiger partial charge in [0.25, 0.3) is 5.91 Å². The largest absolute Gasteiger partial charge is 0.466 e. The van der Waals surface area contributed by atoms with Crippen molar-refractivity contribution in [2.45, 2.75) is 19.8 Å². The van der Waals surface area contributed by atoms with Crippen LogP contribution in [0.5, 0.6) is 0 Å². The SMILES string of the molecule is CCOC(=O)C1CCN(C(=O)c2ccc(N3CCOCC3)nn2)CC1. The number of hydrogen-bond donors (Lipinski definition) is 0. The lowest BCUT2D eigenvalue weighted by Gasteiger charge is -2.30. The van der Waals surface area contributed by atoms with Gasteiger partial charge in [-0.05, 0) is 31.9 Å². The van der Waals surface area contributed by atoms with Gasteiger partial charge >= 0.3 is 5.97 Å². The first-order chi connectivity index (χ1) is 12.2. The molecule has 1 aromatic heterocycles. The van der Waals surface area contributed by atoms with Crippen LogP contribution in [0.3, 0.4) is 0 Å². The highest BCUT2D eigenvalue weighted by Gasteiger charge is 2.29. The van der Waals surface area contributed by atoms with E-state index in [9.17, 15) is 9.59 Å². The third kappa shape index (κ3) is 4.25. The normalized spacial score (nSPS) is 18.9. The van der Waals surface area contributed by atoms with E-state index in [0.29, 0.717) is 51.4 Å². The van der Waals surface area contributed by atoms with E-state index in [0.717, 1.165) is 18.9 Å². The summed E-state index contributed by atoms with van der Waals surface area (Å²) in [4.78, 5) is 28.2. The minimum absolute atomic E-state index is 0.112. The predicted octanol–water partition coefficient (Wildman–Crippen LogP) is 0.728. The van der Waals surface area contributed by atoms with Gasteiger partial charge in [0.15, 0.2) is 11.5 Å². The second-order valence-corrected chi connectivity index (χ2v) is 6.19. The molecule has 0 spiro atoms. The Balaban J connectivity index is 1.55. The van der Waals surface area contributed by atoms with Crippen molar-refractivity contribution in [2.75, 3.05) is 50.9 Å². The second kappa shape index (κ2) is 8.24. The Morgan fingerprint density at radius 3 is 2.48 bits per heavy atom. The molecule has 3 rings (SSSR count). The van der Waals surface area contributed by atoms with Gasteiger partial charge in [-0.3, -0.25) is 9.59 Å². The van der Waals surface area contributed by atoms with Crippen LogP contribution in [-0.2, 0) is 14.3 Å². The molecule has 0 atom stereocenters. The molecule has 0 aromatic carbocycles. The molecule has 0 aliphatic carbocycles. The number of esters is 1. The van der Waals surface area contributed by atoms with Crippen LogP contribution in [0, 0.1) is 5.92 Å². The van der Waals surface area contributed by atoms with Crippen molar-refractivity contribution in [3.8, 4) is 0 Å². The zero-order valence-corrected chi connectivity index (χ0v) is 14.5. The summed E-state index contributed by atoms with van der Waals surface area (Å²) in [5.41, 5.74) is 0.339. The van der Waals surface area contributed by atoms with Gasteiger partial charge < -0.3 is 19.3 Å². The van der Waals surface area contributed by atoms with Crippen molar-refractivity contribution >= 4 is 17.7 Å². The minimum Gasteiger partial charge on any atom is -0.466 e. The number of anilines is 1. The molecule has 0 bridgehead atoms. The van der Waals surface area contributed by atoms with E-state index in [1.165, 1.54) is 0 Å². The molecule has 2 aliphatic heterocycles. The van der Waals surface area contributed by atoms with E-state index in [2.05, 4.69) is 15.1 Å². The maximum atomic E-state index is 12.6. The van der Waals surface area contributed by atoms with Gasteiger partial charge in [0.1, 0.15) is 0 Å². The molecule has 0 saturated carbocycles. The fourth-order valence-electron chi connectivity index (χ4n) is 3.14. The quantitative estimate of drug-likeness (QED) is 0.742. The highest BCUT2D eigenvalue weighted by Crippen LogP contribution is 2.20. The minimum atomic E-state index is -0.163. The summed E-state index contributed by atoms with van der Waals surface area (Å²) in [6, 6.07) is 3.55. The van der Waals surface area contributed by atoms with E-state index < -0.39 is 0 Å². The summed E-state index contributed by atoms with van der Waals surface area (Å²) in [6.07, 6.45) is 1.26. The Bertz CT molecular complexity index is 593. The molecule has 1 amide bonds. The topological polar surface area (TPSA) is 84.9 Å². The Morgan fingerprint density at radius 2 is 1.88 bits per heavy atom. The predicted molar refractivity (Wildman–Crippen MR) is 90.3 cm³/mol. The monoisotopic (exact) mass is 348 g/mol. The van der Waals surface area contributed by atoms with Crippen LogP contribution in [-0.4, -0.2) is 73.0 Å². The van der Waals surface area contributed by atoms with Crippen molar-refractivity contribution in [3.63, 3.8) is 0 Å². The lowest BCUT2D eigenvalue weighted by Crippen LogP contribution is -2.41. The standard InChI is InChI=1S/C17H24N4O4/c1-2-25-17(23)13-5-7-21(8-6-13)16(22)14-3-4-15(19-18-14)20-9-11-24-12-10-20/h3-4,13H,2,5-12H2,1H3. The van der Waals surface area contributed by atoms with E-state index in [1.807, 2.05) is 6.07 Å². The van der Waals surface area contributed by atoms with Crippen molar-refractivity contribution in [1.82, 2.24) is 15.1 Å². The molecule has 2 saturated heterocycles. The van der Waals surface area contributed by atoms with Gasteiger partial charge in [0, 0.05) is 26.2 Å². The number of nitrogens with zero attached hydrogens (tertiary/aromatic N) is 4. The molecule has 3 heterocycles. The Kier molecular flexibility index (Phi) is 5.80. The average Bonchev–Trinajstić information content (AvgIpc) is 2.68. The molecule has 2 fully saturated rings. The number of carbonyl (C=O) groups excluding carboxylic acids is 2. The summed E-state index contributed by atoms with van der Waals surface area (Å²) in [5, 5.41) is 8.28. The van der Waals surface area contributed by atoms with Gasteiger partial charge in [-0.25, -0.2) is 0 Å². The summed E-state index contributed by atoms with van der Waals surface area (Å²) in [5.74, 6) is 0.354. The van der Waals surface area contributed by atoms with Crippen LogP contribution in [0.2, 0.25) is 0 Å². The zero-order chi connectivity index (χ0) is 17.6. The lowest BCUT2D eigenvalue weighted by atomic mass is 9.97. The fourth-order valence-corrected chi connectivity index (χ4v) is 3.14. The van der Waals surface area contributed by atoms with E-state index in [-0.39, 0.29) is 17.8 Å². The molecule has 2 aliphatic rings. The number of ether oxygens (including phenoxy) is 2. The second-order valence-electron chi connectivity index (χ2n) is 6.19. The molecule has 25 heavy (non-hydrogen) atoms. The fraction of sp³-hybridized carbons (Fsp3) is 0.647. The van der Waals surface area contributed by atoms with Crippen molar-refractivity contribution in [2.24, 2.45) is 5.92 Å². The van der Waals surface area contributed by atoms with Crippen LogP contribution in [0.4, 0.5) is 5.82 Å². The zero-order valence-electron chi connectivity index (χ0n) is 14.5. The molecule has 1 aromatic rings. The molecule has 0 radical (unpaired) electrons. The molecular formula is C17H24N4O4. The first kappa shape index (κ1) is 17.6. The maximum absolute atomic E-state index is 12.6. The van der Waals surface area contributed by atoms with Crippen LogP contribution >= 0.6 is 0 Å². The summed E-state index contributed by atoms with van der Waals surface area (Å²) in [6.45, 7) is 6.19. The number of aromatic nitrogens is 2. The average molecular weight is 348 g/mol. The summed E-state index contributed by atoms with van der Waals surface area (Å²) >= 11 is 0. The Labute approximate surface area is 147 Å². The number of morpholine rings is 1. The number of likely N-dealkylation sites (tertiary alicyclic amines) is 1. The van der Waals surface area contributed by atoms with Crippen molar-refractivity contribution in [1.29, 1.82) is 0 Å².